The van der Waals surface area contributed by atoms with Gasteiger partial charge in [-0.25, -0.2) is 4.99 Å². The Morgan fingerprint density at radius 2 is 1.82 bits per heavy atom. The topological polar surface area (TPSA) is 205 Å². The summed E-state index contributed by atoms with van der Waals surface area (Å²) in [6.45, 7) is 15.5. The van der Waals surface area contributed by atoms with Gasteiger partial charge in [0.15, 0.2) is 24.4 Å². The minimum atomic E-state index is -1.64. The number of rotatable bonds is 8. The summed E-state index contributed by atoms with van der Waals surface area (Å²) < 4.78 is 31.3. The lowest BCUT2D eigenvalue weighted by Gasteiger charge is -2.47. The molecule has 0 radical (unpaired) electrons. The monoisotopic (exact) mass is 839 g/mol. The molecule has 2 bridgehead atoms. The minimum absolute atomic E-state index is 0.0343. The van der Waals surface area contributed by atoms with E-state index in [2.05, 4.69) is 20.3 Å². The lowest BCUT2D eigenvalue weighted by atomic mass is 9.68. The molecule has 2 N–H and O–H groups in total. The van der Waals surface area contributed by atoms with Crippen LogP contribution in [0.3, 0.4) is 0 Å². The molecule has 0 spiro atoms. The molecule has 2 aromatic heterocycles. The Morgan fingerprint density at radius 3 is 2.43 bits per heavy atom. The van der Waals surface area contributed by atoms with Crippen molar-refractivity contribution in [2.24, 2.45) is 39.7 Å². The van der Waals surface area contributed by atoms with Crippen LogP contribution >= 0.6 is 0 Å². The number of aliphatic hydroxyl groups excluding tert-OH is 1. The maximum atomic E-state index is 14.5. The van der Waals surface area contributed by atoms with Crippen LogP contribution in [0.25, 0.3) is 11.3 Å². The van der Waals surface area contributed by atoms with Crippen molar-refractivity contribution in [2.75, 3.05) is 20.7 Å². The van der Waals surface area contributed by atoms with Gasteiger partial charge in [0.05, 0.1) is 42.0 Å². The molecule has 16 nitrogen and oxygen atoms in total. The summed E-state index contributed by atoms with van der Waals surface area (Å²) in [5.41, 5.74) is -0.616. The van der Waals surface area contributed by atoms with Crippen molar-refractivity contribution >= 4 is 29.1 Å². The normalized spacial score (nSPS) is 37.6. The van der Waals surface area contributed by atoms with Gasteiger partial charge in [-0.15, -0.1) is 0 Å². The Bertz CT molecular complexity index is 1830. The van der Waals surface area contributed by atoms with E-state index in [0.29, 0.717) is 35.7 Å². The van der Waals surface area contributed by atoms with Gasteiger partial charge in [-0.2, -0.15) is 0 Å². The quantitative estimate of drug-likeness (QED) is 0.200. The molecule has 3 aliphatic rings. The van der Waals surface area contributed by atoms with E-state index in [-0.39, 0.29) is 44.6 Å². The number of hydrogen-bond acceptors (Lipinski definition) is 15. The number of oxime groups is 1. The molecular weight excluding hydrogens is 775 g/mol. The maximum absolute atomic E-state index is 14.5. The number of likely N-dealkylation sites (N-methyl/N-ethyl adjacent to an activating group) is 1. The largest absolute Gasteiger partial charge is 0.459 e. The van der Waals surface area contributed by atoms with Crippen LogP contribution in [-0.2, 0) is 44.8 Å². The van der Waals surface area contributed by atoms with Crippen molar-refractivity contribution in [1.82, 2.24) is 15.0 Å². The Morgan fingerprint density at radius 1 is 1.08 bits per heavy atom. The first-order chi connectivity index (χ1) is 28.3. The summed E-state index contributed by atoms with van der Waals surface area (Å²) in [6, 6.07) is 5.07. The second-order valence-electron chi connectivity index (χ2n) is 17.6. The Balaban J connectivity index is 1.63. The highest BCUT2D eigenvalue weighted by molar-refractivity contribution is 6.00. The fraction of sp³-hybridized carbons (Fsp3) is 0.705. The fourth-order valence-electron chi connectivity index (χ4n) is 9.34. The second kappa shape index (κ2) is 19.8. The molecule has 60 heavy (non-hydrogen) atoms. The van der Waals surface area contributed by atoms with E-state index in [9.17, 15) is 24.6 Å². The molecule has 3 fully saturated rings. The van der Waals surface area contributed by atoms with Crippen LogP contribution in [0.2, 0.25) is 0 Å². The molecule has 0 saturated carbocycles. The molecule has 16 heteroatoms. The first-order valence-corrected chi connectivity index (χ1v) is 21.2. The zero-order valence-corrected chi connectivity index (χ0v) is 37.0. The molecule has 13 atom stereocenters. The number of aliphatic imine (C=N–C) groups is 1. The number of carbonyl (C=O) groups excluding carboxylic acids is 3. The molecule has 5 heterocycles. The van der Waals surface area contributed by atoms with Crippen LogP contribution in [0.1, 0.15) is 100 Å². The Kier molecular flexibility index (Phi) is 15.6. The number of cyclic esters (lactones) is 1. The molecule has 332 valence electrons. The third kappa shape index (κ3) is 10.7. The van der Waals surface area contributed by atoms with Crippen molar-refractivity contribution in [3.8, 4) is 11.3 Å². The first-order valence-electron chi connectivity index (χ1n) is 21.2. The highest BCUT2D eigenvalue weighted by atomic mass is 16.7. The number of pyridine rings is 1. The van der Waals surface area contributed by atoms with Crippen LogP contribution in [0.5, 0.6) is 0 Å². The van der Waals surface area contributed by atoms with E-state index in [1.54, 1.807) is 45.3 Å². The second-order valence-corrected chi connectivity index (χ2v) is 17.6. The van der Waals surface area contributed by atoms with Crippen LogP contribution < -0.4 is 0 Å². The number of aliphatic hydroxyl groups is 2. The van der Waals surface area contributed by atoms with Crippen molar-refractivity contribution < 1.29 is 52.9 Å². The first kappa shape index (κ1) is 47.1. The minimum Gasteiger partial charge on any atom is -0.459 e. The van der Waals surface area contributed by atoms with Crippen LogP contribution in [0.15, 0.2) is 45.3 Å². The number of Topliss-reactive ketones (excluding diaryl/α,β-unsaturated/α-hetero) is 1. The summed E-state index contributed by atoms with van der Waals surface area (Å²) in [6.07, 6.45) is 0.105. The molecule has 0 unspecified atom stereocenters. The van der Waals surface area contributed by atoms with Gasteiger partial charge >= 0.3 is 5.97 Å². The van der Waals surface area contributed by atoms with Gasteiger partial charge in [0.25, 0.3) is 0 Å². The molecule has 0 aromatic carbocycles. The number of hydrogen-bond donors (Lipinski definition) is 2. The number of amides is 1. The number of ketones is 1. The van der Waals surface area contributed by atoms with E-state index in [1.807, 2.05) is 52.8 Å². The number of nitrogens with zero attached hydrogens (tertiary/aromatic N) is 5. The van der Waals surface area contributed by atoms with Gasteiger partial charge < -0.3 is 43.4 Å². The van der Waals surface area contributed by atoms with Crippen LogP contribution in [-0.4, -0.2) is 123 Å². The zero-order chi connectivity index (χ0) is 44.1. The van der Waals surface area contributed by atoms with Crippen molar-refractivity contribution in [1.29, 1.82) is 0 Å². The van der Waals surface area contributed by atoms with E-state index < -0.39 is 83.1 Å². The van der Waals surface area contributed by atoms with E-state index in [1.165, 1.54) is 13.8 Å². The molecule has 5 rings (SSSR count). The number of aromatic nitrogens is 2. The van der Waals surface area contributed by atoms with Gasteiger partial charge in [0, 0.05) is 48.3 Å². The van der Waals surface area contributed by atoms with Crippen molar-refractivity contribution in [3.63, 3.8) is 0 Å². The molecule has 1 amide bonds. The molecular formula is C44H65N5O11. The summed E-state index contributed by atoms with van der Waals surface area (Å²) in [5, 5.41) is 32.5. The highest BCUT2D eigenvalue weighted by Crippen LogP contribution is 2.42. The summed E-state index contributed by atoms with van der Waals surface area (Å²) >= 11 is 0. The predicted octanol–water partition coefficient (Wildman–Crippen LogP) is 5.18. The fourth-order valence-corrected chi connectivity index (χ4v) is 9.34. The smallest absolute Gasteiger partial charge is 0.316 e. The highest BCUT2D eigenvalue weighted by Gasteiger charge is 2.52. The Labute approximate surface area is 353 Å². The van der Waals surface area contributed by atoms with Crippen LogP contribution in [0.4, 0.5) is 0 Å². The van der Waals surface area contributed by atoms with Gasteiger partial charge in [0.1, 0.15) is 23.7 Å². The maximum Gasteiger partial charge on any atom is 0.316 e. The molecule has 3 aliphatic heterocycles. The average molecular weight is 840 g/mol. The number of fused-ring (bicyclic) bond motifs is 5. The zero-order valence-electron chi connectivity index (χ0n) is 37.0. The molecule has 2 aromatic rings. The number of esters is 1. The van der Waals surface area contributed by atoms with Crippen molar-refractivity contribution in [2.45, 2.75) is 149 Å². The SMILES string of the molecule is CC[C@H]1OC(=O)[C@H](C)C(=O)[C@H](C)[C@@H](O[C@@H]2O[C@H](C)C[C@H](N(C)C)[C@H]2O)[C@@]2(C)C[C@@H](C)/C(=N\C(C)=O)[C@H](C)[C@@H](CC/C(=N\OCc3ccc(-c4ccno4)cn3)CO2)[C@]1(C)O. The Hall–Kier alpha value is -3.93. The van der Waals surface area contributed by atoms with Gasteiger partial charge in [-0.1, -0.05) is 38.0 Å². The lowest BCUT2D eigenvalue weighted by molar-refractivity contribution is -0.296. The lowest BCUT2D eigenvalue weighted by Crippen LogP contribution is -2.59. The number of carbonyl (C=O) groups is 3. The van der Waals surface area contributed by atoms with Crippen molar-refractivity contribution in [3.05, 3.63) is 36.3 Å². The summed E-state index contributed by atoms with van der Waals surface area (Å²) in [7, 11) is 3.75. The molecule has 0 aliphatic carbocycles. The number of ether oxygens (including phenoxy) is 4. The van der Waals surface area contributed by atoms with E-state index >= 15 is 0 Å². The van der Waals surface area contributed by atoms with Gasteiger partial charge in [0.2, 0.25) is 5.91 Å². The van der Waals surface area contributed by atoms with E-state index in [4.69, 9.17) is 28.3 Å². The third-order valence-corrected chi connectivity index (χ3v) is 12.7. The summed E-state index contributed by atoms with van der Waals surface area (Å²) in [5.74, 6) is -4.90. The summed E-state index contributed by atoms with van der Waals surface area (Å²) in [4.78, 5) is 58.2. The third-order valence-electron chi connectivity index (χ3n) is 12.7. The average Bonchev–Trinajstić information content (AvgIpc) is 3.74. The van der Waals surface area contributed by atoms with E-state index in [0.717, 1.165) is 5.56 Å². The van der Waals surface area contributed by atoms with Gasteiger partial charge in [-0.3, -0.25) is 19.4 Å². The van der Waals surface area contributed by atoms with Gasteiger partial charge in [-0.05, 0) is 97.9 Å². The van der Waals surface area contributed by atoms with Crippen LogP contribution in [0, 0.1) is 29.6 Å². The predicted molar refractivity (Wildman–Crippen MR) is 222 cm³/mol. The standard InChI is InChI=1S/C44H65N5O11/c1-12-36-44(9,54)33-16-15-32(48-56-23-31-14-13-30(21-45-31)35-17-18-46-60-35)22-55-43(8,20-24(2)37(26(33)4)47-29(7)50)40(27(5)38(51)28(6)41(53)58-36)59-42-39(52)34(49(10)11)19-25(3)57-42/h13-14,17-18,21,24-28,33-34,36,39-40,42,52,54H,12,15-16,19-20,22-23H2,1-11H3/b47-37+,48-32+/t24-,25-,26-,27+,28-,33-,34+,36-,39-,40-,42+,43-,44+/m1/s1. The molecule has 3 saturated heterocycles.